The number of hydrogen-bond donors (Lipinski definition) is 2. The SMILES string of the molecule is Cc1c(N)cc(F)cc1C=CCC(N)=O. The van der Waals surface area contributed by atoms with E-state index in [1.54, 1.807) is 19.1 Å². The number of primary amides is 1. The number of anilines is 1. The summed E-state index contributed by atoms with van der Waals surface area (Å²) in [5, 5.41) is 0. The third kappa shape index (κ3) is 3.09. The van der Waals surface area contributed by atoms with Gasteiger partial charge in [-0.15, -0.1) is 0 Å². The molecular formula is C11H13FN2O. The number of halogens is 1. The van der Waals surface area contributed by atoms with Crippen LogP contribution in [0.25, 0.3) is 6.08 Å². The molecule has 0 aliphatic carbocycles. The van der Waals surface area contributed by atoms with Gasteiger partial charge < -0.3 is 11.5 Å². The van der Waals surface area contributed by atoms with Crippen molar-refractivity contribution in [3.8, 4) is 0 Å². The van der Waals surface area contributed by atoms with Crippen LogP contribution in [-0.4, -0.2) is 5.91 Å². The second-order valence-corrected chi connectivity index (χ2v) is 3.28. The third-order valence-electron chi connectivity index (χ3n) is 2.07. The molecule has 15 heavy (non-hydrogen) atoms. The fraction of sp³-hybridized carbons (Fsp3) is 0.182. The molecule has 0 saturated carbocycles. The number of rotatable bonds is 3. The number of carbonyl (C=O) groups is 1. The first-order valence-corrected chi connectivity index (χ1v) is 4.51. The maximum Gasteiger partial charge on any atom is 0.221 e. The van der Waals surface area contributed by atoms with Gasteiger partial charge in [0, 0.05) is 12.1 Å². The van der Waals surface area contributed by atoms with Crippen LogP contribution in [0.3, 0.4) is 0 Å². The van der Waals surface area contributed by atoms with Crippen molar-refractivity contribution in [3.05, 3.63) is 35.2 Å². The fourth-order valence-corrected chi connectivity index (χ4v) is 1.20. The molecule has 1 rings (SSSR count). The van der Waals surface area contributed by atoms with Gasteiger partial charge in [-0.1, -0.05) is 12.2 Å². The number of nitrogens with two attached hydrogens (primary N) is 2. The van der Waals surface area contributed by atoms with Gasteiger partial charge in [-0.2, -0.15) is 0 Å². The number of nitrogen functional groups attached to an aromatic ring is 1. The fourth-order valence-electron chi connectivity index (χ4n) is 1.20. The van der Waals surface area contributed by atoms with E-state index in [-0.39, 0.29) is 6.42 Å². The smallest absolute Gasteiger partial charge is 0.221 e. The Morgan fingerprint density at radius 2 is 2.20 bits per heavy atom. The van der Waals surface area contributed by atoms with Gasteiger partial charge in [-0.25, -0.2) is 4.39 Å². The average molecular weight is 208 g/mol. The molecule has 0 radical (unpaired) electrons. The van der Waals surface area contributed by atoms with Crippen LogP contribution >= 0.6 is 0 Å². The first kappa shape index (κ1) is 11.2. The van der Waals surface area contributed by atoms with Crippen LogP contribution in [0.4, 0.5) is 10.1 Å². The summed E-state index contributed by atoms with van der Waals surface area (Å²) in [7, 11) is 0. The zero-order valence-corrected chi connectivity index (χ0v) is 8.46. The molecule has 0 saturated heterocycles. The number of amides is 1. The van der Waals surface area contributed by atoms with Crippen molar-refractivity contribution in [2.24, 2.45) is 5.73 Å². The first-order valence-electron chi connectivity index (χ1n) is 4.51. The van der Waals surface area contributed by atoms with E-state index >= 15 is 0 Å². The lowest BCUT2D eigenvalue weighted by atomic mass is 10.1. The standard InChI is InChI=1S/C11H13FN2O/c1-7-8(3-2-4-11(14)15)5-9(12)6-10(7)13/h2-3,5-6H,4,13H2,1H3,(H2,14,15). The molecule has 0 aromatic heterocycles. The van der Waals surface area contributed by atoms with E-state index in [2.05, 4.69) is 0 Å². The van der Waals surface area contributed by atoms with E-state index in [4.69, 9.17) is 11.5 Å². The highest BCUT2D eigenvalue weighted by Gasteiger charge is 2.02. The molecule has 3 nitrogen and oxygen atoms in total. The van der Waals surface area contributed by atoms with Crippen LogP contribution in [0.2, 0.25) is 0 Å². The molecular weight excluding hydrogens is 195 g/mol. The van der Waals surface area contributed by atoms with Gasteiger partial charge in [-0.05, 0) is 30.2 Å². The van der Waals surface area contributed by atoms with Crippen molar-refractivity contribution < 1.29 is 9.18 Å². The molecule has 0 spiro atoms. The van der Waals surface area contributed by atoms with Crippen molar-refractivity contribution in [1.82, 2.24) is 0 Å². The van der Waals surface area contributed by atoms with Gasteiger partial charge in [-0.3, -0.25) is 4.79 Å². The molecule has 0 aliphatic rings. The minimum absolute atomic E-state index is 0.135. The molecule has 4 N–H and O–H groups in total. The summed E-state index contributed by atoms with van der Waals surface area (Å²) in [6.45, 7) is 1.79. The number of carbonyl (C=O) groups excluding carboxylic acids is 1. The summed E-state index contributed by atoms with van der Waals surface area (Å²) >= 11 is 0. The van der Waals surface area contributed by atoms with E-state index in [0.29, 0.717) is 11.3 Å². The topological polar surface area (TPSA) is 69.1 Å². The van der Waals surface area contributed by atoms with Gasteiger partial charge in [0.1, 0.15) is 5.82 Å². The van der Waals surface area contributed by atoms with E-state index in [0.717, 1.165) is 5.56 Å². The van der Waals surface area contributed by atoms with E-state index in [9.17, 15) is 9.18 Å². The molecule has 0 unspecified atom stereocenters. The van der Waals surface area contributed by atoms with E-state index in [1.165, 1.54) is 12.1 Å². The van der Waals surface area contributed by atoms with Crippen LogP contribution < -0.4 is 11.5 Å². The maximum atomic E-state index is 13.0. The van der Waals surface area contributed by atoms with Crippen molar-refractivity contribution in [2.75, 3.05) is 5.73 Å². The van der Waals surface area contributed by atoms with Gasteiger partial charge in [0.25, 0.3) is 0 Å². The third-order valence-corrected chi connectivity index (χ3v) is 2.07. The Labute approximate surface area is 87.6 Å². The normalized spacial score (nSPS) is 10.8. The molecule has 0 heterocycles. The van der Waals surface area contributed by atoms with Crippen molar-refractivity contribution in [2.45, 2.75) is 13.3 Å². The molecule has 1 amide bonds. The highest BCUT2D eigenvalue weighted by atomic mass is 19.1. The first-order chi connectivity index (χ1) is 7.00. The molecule has 0 atom stereocenters. The van der Waals surface area contributed by atoms with Gasteiger partial charge in [0.15, 0.2) is 0 Å². The minimum atomic E-state index is -0.423. The van der Waals surface area contributed by atoms with Crippen LogP contribution in [0, 0.1) is 12.7 Å². The second kappa shape index (κ2) is 4.59. The van der Waals surface area contributed by atoms with Gasteiger partial charge in [0.05, 0.1) is 0 Å². The zero-order chi connectivity index (χ0) is 11.4. The lowest BCUT2D eigenvalue weighted by Crippen LogP contribution is -2.07. The maximum absolute atomic E-state index is 13.0. The predicted molar refractivity (Wildman–Crippen MR) is 58.4 cm³/mol. The van der Waals surface area contributed by atoms with E-state index in [1.807, 2.05) is 0 Å². The summed E-state index contributed by atoms with van der Waals surface area (Å²) in [6.07, 6.45) is 3.36. The molecule has 80 valence electrons. The van der Waals surface area contributed by atoms with Gasteiger partial charge >= 0.3 is 0 Å². The summed E-state index contributed by atoms with van der Waals surface area (Å²) in [4.78, 5) is 10.5. The Morgan fingerprint density at radius 1 is 1.53 bits per heavy atom. The molecule has 4 heteroatoms. The van der Waals surface area contributed by atoms with E-state index < -0.39 is 11.7 Å². The van der Waals surface area contributed by atoms with Crippen molar-refractivity contribution >= 4 is 17.7 Å². The Morgan fingerprint density at radius 3 is 2.80 bits per heavy atom. The predicted octanol–water partition coefficient (Wildman–Crippen LogP) is 1.60. The molecule has 0 fully saturated rings. The Bertz CT molecular complexity index is 413. The lowest BCUT2D eigenvalue weighted by molar-refractivity contribution is -0.117. The van der Waals surface area contributed by atoms with Crippen LogP contribution in [0.15, 0.2) is 18.2 Å². The van der Waals surface area contributed by atoms with Crippen LogP contribution in [0.5, 0.6) is 0 Å². The second-order valence-electron chi connectivity index (χ2n) is 3.28. The minimum Gasteiger partial charge on any atom is -0.398 e. The van der Waals surface area contributed by atoms with Crippen LogP contribution in [0.1, 0.15) is 17.5 Å². The number of hydrogen-bond acceptors (Lipinski definition) is 2. The quantitative estimate of drug-likeness (QED) is 0.741. The largest absolute Gasteiger partial charge is 0.398 e. The van der Waals surface area contributed by atoms with Crippen LogP contribution in [-0.2, 0) is 4.79 Å². The lowest BCUT2D eigenvalue weighted by Gasteiger charge is -2.04. The Balaban J connectivity index is 2.94. The highest BCUT2D eigenvalue weighted by Crippen LogP contribution is 2.19. The number of benzene rings is 1. The monoisotopic (exact) mass is 208 g/mol. The summed E-state index contributed by atoms with van der Waals surface area (Å²) in [6, 6.07) is 2.63. The molecule has 1 aromatic rings. The highest BCUT2D eigenvalue weighted by molar-refractivity contribution is 5.77. The molecule has 0 aliphatic heterocycles. The van der Waals surface area contributed by atoms with Crippen molar-refractivity contribution in [3.63, 3.8) is 0 Å². The Kier molecular flexibility index (Phi) is 3.44. The average Bonchev–Trinajstić information content (AvgIpc) is 2.12. The molecule has 1 aromatic carbocycles. The van der Waals surface area contributed by atoms with Crippen molar-refractivity contribution in [1.29, 1.82) is 0 Å². The Hall–Kier alpha value is -1.84. The molecule has 0 bridgehead atoms. The van der Waals surface area contributed by atoms with Gasteiger partial charge in [0.2, 0.25) is 5.91 Å². The summed E-state index contributed by atoms with van der Waals surface area (Å²) in [5.74, 6) is -0.815. The zero-order valence-electron chi connectivity index (χ0n) is 8.46. The summed E-state index contributed by atoms with van der Waals surface area (Å²) < 4.78 is 13.0. The summed E-state index contributed by atoms with van der Waals surface area (Å²) in [5.41, 5.74) is 12.4.